The topological polar surface area (TPSA) is 35.5 Å². The molecule has 23 heavy (non-hydrogen) atoms. The predicted octanol–water partition coefficient (Wildman–Crippen LogP) is 4.41. The molecule has 0 N–H and O–H groups in total. The van der Waals surface area contributed by atoms with Gasteiger partial charge in [0.05, 0.1) is 14.2 Å². The second-order valence-electron chi connectivity index (χ2n) is 5.24. The summed E-state index contributed by atoms with van der Waals surface area (Å²) in [4.78, 5) is 13.0. The first kappa shape index (κ1) is 15.7. The van der Waals surface area contributed by atoms with E-state index in [1.165, 1.54) is 12.0 Å². The Labute approximate surface area is 140 Å². The average molecular weight is 326 g/mol. The van der Waals surface area contributed by atoms with Crippen molar-refractivity contribution in [1.29, 1.82) is 0 Å². The van der Waals surface area contributed by atoms with E-state index in [9.17, 15) is 4.79 Å². The number of esters is 1. The van der Waals surface area contributed by atoms with Crippen LogP contribution in [-0.2, 0) is 9.53 Å². The third-order valence-electron chi connectivity index (χ3n) is 3.84. The van der Waals surface area contributed by atoms with Crippen molar-refractivity contribution in [2.75, 3.05) is 20.0 Å². The highest BCUT2D eigenvalue weighted by molar-refractivity contribution is 7.99. The van der Waals surface area contributed by atoms with E-state index in [1.807, 2.05) is 30.3 Å². The molecule has 1 heterocycles. The maximum Gasteiger partial charge on any atom is 0.333 e. The molecule has 0 spiro atoms. The number of benzene rings is 2. The van der Waals surface area contributed by atoms with Gasteiger partial charge in [-0.3, -0.25) is 0 Å². The number of thioether (sulfide) groups is 1. The lowest BCUT2D eigenvalue weighted by molar-refractivity contribution is -0.136. The van der Waals surface area contributed by atoms with E-state index in [2.05, 4.69) is 18.2 Å². The van der Waals surface area contributed by atoms with Gasteiger partial charge in [0.15, 0.2) is 0 Å². The molecule has 0 unspecified atom stereocenters. The van der Waals surface area contributed by atoms with Crippen molar-refractivity contribution >= 4 is 23.8 Å². The van der Waals surface area contributed by atoms with E-state index in [0.717, 1.165) is 40.2 Å². The Hall–Kier alpha value is -2.20. The number of hydrogen-bond donors (Lipinski definition) is 0. The van der Waals surface area contributed by atoms with E-state index in [1.54, 1.807) is 18.9 Å². The maximum absolute atomic E-state index is 11.8. The number of ether oxygens (including phenoxy) is 2. The minimum Gasteiger partial charge on any atom is -0.497 e. The molecule has 2 aromatic carbocycles. The van der Waals surface area contributed by atoms with Gasteiger partial charge in [-0.15, -0.1) is 11.8 Å². The molecule has 0 radical (unpaired) electrons. The van der Waals surface area contributed by atoms with Crippen molar-refractivity contribution in [1.82, 2.24) is 0 Å². The molecule has 0 fully saturated rings. The van der Waals surface area contributed by atoms with Gasteiger partial charge >= 0.3 is 5.97 Å². The van der Waals surface area contributed by atoms with Crippen LogP contribution >= 0.6 is 11.8 Å². The van der Waals surface area contributed by atoms with Crippen LogP contribution < -0.4 is 4.74 Å². The van der Waals surface area contributed by atoms with Crippen LogP contribution in [0.4, 0.5) is 0 Å². The van der Waals surface area contributed by atoms with Gasteiger partial charge in [-0.2, -0.15) is 0 Å². The fourth-order valence-corrected chi connectivity index (χ4v) is 3.57. The fraction of sp³-hybridized carbons (Fsp3) is 0.211. The summed E-state index contributed by atoms with van der Waals surface area (Å²) in [6, 6.07) is 14.3. The summed E-state index contributed by atoms with van der Waals surface area (Å²) in [6.07, 6.45) is 2.68. The molecule has 0 saturated heterocycles. The van der Waals surface area contributed by atoms with Gasteiger partial charge in [-0.25, -0.2) is 4.79 Å². The summed E-state index contributed by atoms with van der Waals surface area (Å²) in [7, 11) is 3.09. The molecule has 0 amide bonds. The van der Waals surface area contributed by atoms with Crippen molar-refractivity contribution in [2.45, 2.75) is 11.3 Å². The Morgan fingerprint density at radius 2 is 1.78 bits per heavy atom. The zero-order valence-corrected chi connectivity index (χ0v) is 14.0. The van der Waals surface area contributed by atoms with Crippen LogP contribution in [0.25, 0.3) is 17.2 Å². The number of carbonyl (C=O) groups excluding carboxylic acids is 1. The second-order valence-corrected chi connectivity index (χ2v) is 6.38. The molecule has 4 heteroatoms. The average Bonchev–Trinajstić information content (AvgIpc) is 2.82. The molecule has 0 aliphatic carbocycles. The summed E-state index contributed by atoms with van der Waals surface area (Å²) < 4.78 is 10.1. The summed E-state index contributed by atoms with van der Waals surface area (Å²) in [5.41, 5.74) is 4.04. The molecular formula is C19H18O3S. The predicted molar refractivity (Wildman–Crippen MR) is 93.8 cm³/mol. The Kier molecular flexibility index (Phi) is 4.72. The SMILES string of the molecule is COC(=O)C1=Cc2cc(-c3ccc(OC)cc3)ccc2SCC1. The van der Waals surface area contributed by atoms with E-state index in [4.69, 9.17) is 9.47 Å². The molecule has 2 aromatic rings. The number of fused-ring (bicyclic) bond motifs is 1. The molecular weight excluding hydrogens is 308 g/mol. The highest BCUT2D eigenvalue weighted by Crippen LogP contribution is 2.34. The second kappa shape index (κ2) is 6.92. The number of carbonyl (C=O) groups is 1. The molecule has 1 aliphatic rings. The van der Waals surface area contributed by atoms with Gasteiger partial charge in [0.2, 0.25) is 0 Å². The Morgan fingerprint density at radius 1 is 1.04 bits per heavy atom. The lowest BCUT2D eigenvalue weighted by Gasteiger charge is -2.08. The summed E-state index contributed by atoms with van der Waals surface area (Å²) >= 11 is 1.77. The van der Waals surface area contributed by atoms with E-state index in [-0.39, 0.29) is 5.97 Å². The molecule has 0 atom stereocenters. The quantitative estimate of drug-likeness (QED) is 0.783. The number of rotatable bonds is 3. The normalized spacial score (nSPS) is 13.6. The van der Waals surface area contributed by atoms with Crippen LogP contribution in [0, 0.1) is 0 Å². The van der Waals surface area contributed by atoms with Crippen LogP contribution in [-0.4, -0.2) is 25.9 Å². The summed E-state index contributed by atoms with van der Waals surface area (Å²) in [5.74, 6) is 1.48. The smallest absolute Gasteiger partial charge is 0.333 e. The summed E-state index contributed by atoms with van der Waals surface area (Å²) in [6.45, 7) is 0. The lowest BCUT2D eigenvalue weighted by atomic mass is 10.0. The van der Waals surface area contributed by atoms with Gasteiger partial charge in [0, 0.05) is 16.2 Å². The standard InChI is InChI=1S/C19H18O3S/c1-21-17-6-3-13(4-7-17)14-5-8-18-16(11-14)12-15(9-10-23-18)19(20)22-2/h3-8,11-12H,9-10H2,1-2H3. The minimum atomic E-state index is -0.242. The van der Waals surface area contributed by atoms with E-state index < -0.39 is 0 Å². The first-order valence-corrected chi connectivity index (χ1v) is 8.40. The zero-order valence-electron chi connectivity index (χ0n) is 13.2. The first-order chi connectivity index (χ1) is 11.2. The van der Waals surface area contributed by atoms with Crippen LogP contribution in [0.2, 0.25) is 0 Å². The Morgan fingerprint density at radius 3 is 2.48 bits per heavy atom. The monoisotopic (exact) mass is 326 g/mol. The highest BCUT2D eigenvalue weighted by atomic mass is 32.2. The third-order valence-corrected chi connectivity index (χ3v) is 4.93. The van der Waals surface area contributed by atoms with Crippen molar-refractivity contribution in [3.63, 3.8) is 0 Å². The van der Waals surface area contributed by atoms with Gasteiger partial charge in [-0.1, -0.05) is 18.2 Å². The van der Waals surface area contributed by atoms with Crippen LogP contribution in [0.5, 0.6) is 5.75 Å². The summed E-state index contributed by atoms with van der Waals surface area (Å²) in [5, 5.41) is 0. The van der Waals surface area contributed by atoms with Crippen molar-refractivity contribution in [3.8, 4) is 16.9 Å². The van der Waals surface area contributed by atoms with Crippen molar-refractivity contribution < 1.29 is 14.3 Å². The lowest BCUT2D eigenvalue weighted by Crippen LogP contribution is -2.04. The Bertz CT molecular complexity index is 748. The van der Waals surface area contributed by atoms with Gasteiger partial charge < -0.3 is 9.47 Å². The molecule has 0 aromatic heterocycles. The largest absolute Gasteiger partial charge is 0.497 e. The number of methoxy groups -OCH3 is 2. The molecule has 0 bridgehead atoms. The fourth-order valence-electron chi connectivity index (χ4n) is 2.58. The van der Waals surface area contributed by atoms with E-state index in [0.29, 0.717) is 0 Å². The van der Waals surface area contributed by atoms with Crippen LogP contribution in [0.3, 0.4) is 0 Å². The van der Waals surface area contributed by atoms with Crippen molar-refractivity contribution in [3.05, 3.63) is 53.6 Å². The molecule has 118 valence electrons. The Balaban J connectivity index is 1.99. The maximum atomic E-state index is 11.8. The van der Waals surface area contributed by atoms with Gasteiger partial charge in [0.25, 0.3) is 0 Å². The zero-order chi connectivity index (χ0) is 16.2. The molecule has 1 aliphatic heterocycles. The molecule has 3 rings (SSSR count). The van der Waals surface area contributed by atoms with Gasteiger partial charge in [0.1, 0.15) is 5.75 Å². The first-order valence-electron chi connectivity index (χ1n) is 7.41. The van der Waals surface area contributed by atoms with Crippen LogP contribution in [0.15, 0.2) is 52.9 Å². The highest BCUT2D eigenvalue weighted by Gasteiger charge is 2.15. The van der Waals surface area contributed by atoms with Gasteiger partial charge in [-0.05, 0) is 53.5 Å². The van der Waals surface area contributed by atoms with Crippen LogP contribution in [0.1, 0.15) is 12.0 Å². The number of hydrogen-bond acceptors (Lipinski definition) is 4. The minimum absolute atomic E-state index is 0.242. The third kappa shape index (κ3) is 3.42. The van der Waals surface area contributed by atoms with Crippen molar-refractivity contribution in [2.24, 2.45) is 0 Å². The molecule has 3 nitrogen and oxygen atoms in total. The van der Waals surface area contributed by atoms with E-state index >= 15 is 0 Å². The molecule has 0 saturated carbocycles.